The summed E-state index contributed by atoms with van der Waals surface area (Å²) in [4.78, 5) is 10.7. The fourth-order valence-corrected chi connectivity index (χ4v) is 2.25. The Labute approximate surface area is 126 Å². The average Bonchev–Trinajstić information content (AvgIpc) is 2.38. The molecule has 2 aromatic carbocycles. The van der Waals surface area contributed by atoms with Gasteiger partial charge in [-0.2, -0.15) is 0 Å². The first-order valence-corrected chi connectivity index (χ1v) is 6.69. The van der Waals surface area contributed by atoms with Gasteiger partial charge in [0, 0.05) is 17.6 Å². The molecule has 2 rings (SSSR count). The molecule has 0 heterocycles. The van der Waals surface area contributed by atoms with Crippen molar-refractivity contribution in [2.45, 2.75) is 20.4 Å². The summed E-state index contributed by atoms with van der Waals surface area (Å²) in [6.45, 7) is 3.95. The van der Waals surface area contributed by atoms with Crippen molar-refractivity contribution in [3.05, 3.63) is 68.0 Å². The van der Waals surface area contributed by atoms with Crippen LogP contribution in [-0.2, 0) is 6.54 Å². The summed E-state index contributed by atoms with van der Waals surface area (Å²) < 4.78 is 13.3. The van der Waals surface area contributed by atoms with E-state index in [1.807, 2.05) is 13.8 Å². The number of aryl methyl sites for hydroxylation is 2. The number of nitro benzene ring substituents is 1. The highest BCUT2D eigenvalue weighted by Crippen LogP contribution is 2.28. The lowest BCUT2D eigenvalue weighted by molar-refractivity contribution is -0.384. The lowest BCUT2D eigenvalue weighted by atomic mass is 10.1. The Morgan fingerprint density at radius 3 is 2.48 bits per heavy atom. The number of anilines is 1. The summed E-state index contributed by atoms with van der Waals surface area (Å²) in [5.41, 5.74) is 2.82. The SMILES string of the molecule is Cc1cc(NCc2cc(F)cc(Cl)c2)c([N+](=O)[O-])cc1C. The van der Waals surface area contributed by atoms with Crippen LogP contribution in [0.4, 0.5) is 15.8 Å². The second-order valence-electron chi connectivity index (χ2n) is 4.84. The molecular weight excluding hydrogens is 295 g/mol. The van der Waals surface area contributed by atoms with Crippen LogP contribution < -0.4 is 5.32 Å². The smallest absolute Gasteiger partial charge is 0.292 e. The molecule has 0 fully saturated rings. The van der Waals surface area contributed by atoms with Gasteiger partial charge in [-0.3, -0.25) is 10.1 Å². The van der Waals surface area contributed by atoms with Gasteiger partial charge in [0.2, 0.25) is 0 Å². The van der Waals surface area contributed by atoms with E-state index in [0.29, 0.717) is 16.3 Å². The van der Waals surface area contributed by atoms with E-state index in [4.69, 9.17) is 11.6 Å². The zero-order valence-corrected chi connectivity index (χ0v) is 12.4. The molecule has 0 atom stereocenters. The van der Waals surface area contributed by atoms with Crippen LogP contribution in [0.15, 0.2) is 30.3 Å². The molecule has 2 aromatic rings. The standard InChI is InChI=1S/C15H14ClFN2O2/c1-9-3-14(15(19(20)21)4-10(9)2)18-8-11-5-12(16)7-13(17)6-11/h3-7,18H,8H2,1-2H3. The fraction of sp³-hybridized carbons (Fsp3) is 0.200. The highest BCUT2D eigenvalue weighted by Gasteiger charge is 2.15. The zero-order chi connectivity index (χ0) is 15.6. The van der Waals surface area contributed by atoms with Gasteiger partial charge in [0.25, 0.3) is 5.69 Å². The number of rotatable bonds is 4. The van der Waals surface area contributed by atoms with Crippen LogP contribution >= 0.6 is 11.6 Å². The molecule has 6 heteroatoms. The summed E-state index contributed by atoms with van der Waals surface area (Å²) in [5.74, 6) is -0.436. The number of nitrogens with zero attached hydrogens (tertiary/aromatic N) is 1. The molecule has 0 amide bonds. The molecule has 0 saturated heterocycles. The van der Waals surface area contributed by atoms with E-state index < -0.39 is 10.7 Å². The third-order valence-electron chi connectivity index (χ3n) is 3.21. The van der Waals surface area contributed by atoms with E-state index in [9.17, 15) is 14.5 Å². The van der Waals surface area contributed by atoms with Crippen molar-refractivity contribution in [3.63, 3.8) is 0 Å². The normalized spacial score (nSPS) is 10.5. The number of nitro groups is 1. The van der Waals surface area contributed by atoms with Gasteiger partial charge in [0.1, 0.15) is 11.5 Å². The quantitative estimate of drug-likeness (QED) is 0.662. The molecule has 1 N–H and O–H groups in total. The first kappa shape index (κ1) is 15.3. The van der Waals surface area contributed by atoms with Crippen molar-refractivity contribution in [1.82, 2.24) is 0 Å². The molecule has 0 unspecified atom stereocenters. The Bertz CT molecular complexity index is 684. The Morgan fingerprint density at radius 1 is 1.19 bits per heavy atom. The average molecular weight is 309 g/mol. The molecule has 0 aliphatic carbocycles. The van der Waals surface area contributed by atoms with Gasteiger partial charge >= 0.3 is 0 Å². The lowest BCUT2D eigenvalue weighted by Crippen LogP contribution is -2.04. The first-order valence-electron chi connectivity index (χ1n) is 6.31. The second kappa shape index (κ2) is 6.10. The Kier molecular flexibility index (Phi) is 4.43. The molecule has 4 nitrogen and oxygen atoms in total. The molecule has 0 aliphatic rings. The first-order chi connectivity index (χ1) is 9.86. The molecule has 0 bridgehead atoms. The summed E-state index contributed by atoms with van der Waals surface area (Å²) >= 11 is 5.78. The van der Waals surface area contributed by atoms with Gasteiger partial charge < -0.3 is 5.32 Å². The predicted octanol–water partition coefficient (Wildman–Crippen LogP) is 4.62. The Balaban J connectivity index is 2.27. The molecule has 0 saturated carbocycles. The molecule has 0 aliphatic heterocycles. The van der Waals surface area contributed by atoms with Crippen molar-refractivity contribution in [2.24, 2.45) is 0 Å². The van der Waals surface area contributed by atoms with Gasteiger partial charge in [-0.05, 0) is 54.8 Å². The highest BCUT2D eigenvalue weighted by atomic mass is 35.5. The second-order valence-corrected chi connectivity index (χ2v) is 5.28. The van der Waals surface area contributed by atoms with Crippen molar-refractivity contribution >= 4 is 23.0 Å². The minimum atomic E-state index is -0.437. The molecule has 0 spiro atoms. The molecule has 0 radical (unpaired) electrons. The van der Waals surface area contributed by atoms with Crippen molar-refractivity contribution in [1.29, 1.82) is 0 Å². The Hall–Kier alpha value is -2.14. The number of benzene rings is 2. The maximum Gasteiger partial charge on any atom is 0.292 e. The van der Waals surface area contributed by atoms with Gasteiger partial charge in [-0.15, -0.1) is 0 Å². The van der Waals surface area contributed by atoms with E-state index in [-0.39, 0.29) is 12.2 Å². The minimum Gasteiger partial charge on any atom is -0.375 e. The molecule has 110 valence electrons. The number of hydrogen-bond donors (Lipinski definition) is 1. The van der Waals surface area contributed by atoms with Gasteiger partial charge in [0.15, 0.2) is 0 Å². The largest absolute Gasteiger partial charge is 0.375 e. The van der Waals surface area contributed by atoms with Gasteiger partial charge in [-0.25, -0.2) is 4.39 Å². The minimum absolute atomic E-state index is 0.000556. The molecular formula is C15H14ClFN2O2. The maximum atomic E-state index is 13.3. The molecule has 0 aromatic heterocycles. The van der Waals surface area contributed by atoms with Crippen LogP contribution in [0.5, 0.6) is 0 Å². The monoisotopic (exact) mass is 308 g/mol. The van der Waals surface area contributed by atoms with Crippen LogP contribution in [0.1, 0.15) is 16.7 Å². The van der Waals surface area contributed by atoms with Crippen molar-refractivity contribution in [3.8, 4) is 0 Å². The summed E-state index contributed by atoms with van der Waals surface area (Å²) in [6.07, 6.45) is 0. The van der Waals surface area contributed by atoms with Crippen LogP contribution in [0.25, 0.3) is 0 Å². The predicted molar refractivity (Wildman–Crippen MR) is 81.3 cm³/mol. The Morgan fingerprint density at radius 2 is 1.86 bits per heavy atom. The van der Waals surface area contributed by atoms with Gasteiger partial charge in [0.05, 0.1) is 4.92 Å². The topological polar surface area (TPSA) is 55.2 Å². The maximum absolute atomic E-state index is 13.3. The number of halogens is 2. The van der Waals surface area contributed by atoms with Crippen LogP contribution in [-0.4, -0.2) is 4.92 Å². The van der Waals surface area contributed by atoms with E-state index in [0.717, 1.165) is 11.1 Å². The third kappa shape index (κ3) is 3.70. The van der Waals surface area contributed by atoms with E-state index in [1.165, 1.54) is 18.2 Å². The summed E-state index contributed by atoms with van der Waals surface area (Å²) in [6, 6.07) is 7.41. The summed E-state index contributed by atoms with van der Waals surface area (Å²) in [5, 5.41) is 14.3. The van der Waals surface area contributed by atoms with E-state index >= 15 is 0 Å². The van der Waals surface area contributed by atoms with Crippen LogP contribution in [0.3, 0.4) is 0 Å². The number of nitrogens with one attached hydrogen (secondary N) is 1. The lowest BCUT2D eigenvalue weighted by Gasteiger charge is -2.10. The van der Waals surface area contributed by atoms with Gasteiger partial charge in [-0.1, -0.05) is 11.6 Å². The molecule has 21 heavy (non-hydrogen) atoms. The fourth-order valence-electron chi connectivity index (χ4n) is 2.00. The van der Waals surface area contributed by atoms with E-state index in [2.05, 4.69) is 5.32 Å². The van der Waals surface area contributed by atoms with Crippen molar-refractivity contribution in [2.75, 3.05) is 5.32 Å². The summed E-state index contributed by atoms with van der Waals surface area (Å²) in [7, 11) is 0. The third-order valence-corrected chi connectivity index (χ3v) is 3.43. The van der Waals surface area contributed by atoms with Crippen LogP contribution in [0, 0.1) is 29.8 Å². The van der Waals surface area contributed by atoms with Crippen LogP contribution in [0.2, 0.25) is 5.02 Å². The number of hydrogen-bond acceptors (Lipinski definition) is 3. The highest BCUT2D eigenvalue weighted by molar-refractivity contribution is 6.30. The zero-order valence-electron chi connectivity index (χ0n) is 11.6. The van der Waals surface area contributed by atoms with E-state index in [1.54, 1.807) is 12.1 Å². The van der Waals surface area contributed by atoms with Crippen molar-refractivity contribution < 1.29 is 9.31 Å².